The minimum Gasteiger partial charge on any atom is -0.478 e. The highest BCUT2D eigenvalue weighted by Crippen LogP contribution is 2.22. The molecule has 1 N–H and O–H groups in total. The van der Waals surface area contributed by atoms with Crippen molar-refractivity contribution >= 4 is 22.1 Å². The second-order valence-corrected chi connectivity index (χ2v) is 6.62. The van der Waals surface area contributed by atoms with Crippen LogP contribution in [0.1, 0.15) is 11.1 Å². The van der Waals surface area contributed by atoms with Crippen molar-refractivity contribution < 1.29 is 23.1 Å². The van der Waals surface area contributed by atoms with E-state index in [0.29, 0.717) is 37.4 Å². The summed E-state index contributed by atoms with van der Waals surface area (Å²) in [6.07, 6.45) is 2.36. The third-order valence-electron chi connectivity index (χ3n) is 3.22. The van der Waals surface area contributed by atoms with Crippen LogP contribution in [-0.2, 0) is 19.6 Å². The third kappa shape index (κ3) is 3.69. The van der Waals surface area contributed by atoms with Crippen molar-refractivity contribution in [2.75, 3.05) is 26.3 Å². The van der Waals surface area contributed by atoms with Gasteiger partial charge in [-0.05, 0) is 30.2 Å². The van der Waals surface area contributed by atoms with Crippen molar-refractivity contribution in [1.82, 2.24) is 4.31 Å². The normalized spacial score (nSPS) is 17.2. The van der Waals surface area contributed by atoms with Crippen molar-refractivity contribution in [2.45, 2.75) is 11.8 Å². The Hall–Kier alpha value is -1.70. The molecule has 1 fully saturated rings. The predicted octanol–water partition coefficient (Wildman–Crippen LogP) is 1.11. The van der Waals surface area contributed by atoms with E-state index in [1.54, 1.807) is 19.1 Å². The van der Waals surface area contributed by atoms with Crippen molar-refractivity contribution in [3.63, 3.8) is 0 Å². The van der Waals surface area contributed by atoms with Crippen LogP contribution in [0.15, 0.2) is 29.2 Å². The fourth-order valence-corrected chi connectivity index (χ4v) is 3.76. The third-order valence-corrected chi connectivity index (χ3v) is 5.26. The number of aliphatic carboxylic acids is 1. The first-order valence-electron chi connectivity index (χ1n) is 6.51. The summed E-state index contributed by atoms with van der Waals surface area (Å²) in [5.41, 5.74) is 1.17. The monoisotopic (exact) mass is 311 g/mol. The van der Waals surface area contributed by atoms with E-state index in [2.05, 4.69) is 0 Å². The molecule has 0 aliphatic carbocycles. The Morgan fingerprint density at radius 3 is 2.62 bits per heavy atom. The summed E-state index contributed by atoms with van der Waals surface area (Å²) in [6.45, 7) is 3.15. The van der Waals surface area contributed by atoms with Gasteiger partial charge in [0.1, 0.15) is 0 Å². The number of nitrogens with zero attached hydrogens (tertiary/aromatic N) is 1. The first-order valence-corrected chi connectivity index (χ1v) is 7.95. The molecule has 1 aliphatic heterocycles. The van der Waals surface area contributed by atoms with E-state index in [9.17, 15) is 13.2 Å². The van der Waals surface area contributed by atoms with Gasteiger partial charge in [0, 0.05) is 19.2 Å². The summed E-state index contributed by atoms with van der Waals surface area (Å²) < 4.78 is 31.8. The molecule has 21 heavy (non-hydrogen) atoms. The first kappa shape index (κ1) is 15.7. The zero-order chi connectivity index (χ0) is 15.5. The average molecular weight is 311 g/mol. The van der Waals surface area contributed by atoms with Gasteiger partial charge in [-0.1, -0.05) is 12.1 Å². The first-order chi connectivity index (χ1) is 9.91. The maximum Gasteiger partial charge on any atom is 0.328 e. The van der Waals surface area contributed by atoms with Crippen LogP contribution in [-0.4, -0.2) is 50.1 Å². The molecule has 0 atom stereocenters. The maximum absolute atomic E-state index is 12.6. The topological polar surface area (TPSA) is 83.9 Å². The molecule has 1 aliphatic rings. The number of hydrogen-bond acceptors (Lipinski definition) is 4. The average Bonchev–Trinajstić information content (AvgIpc) is 2.47. The second-order valence-electron chi connectivity index (χ2n) is 4.71. The Morgan fingerprint density at radius 1 is 1.33 bits per heavy atom. The van der Waals surface area contributed by atoms with E-state index in [1.165, 1.54) is 16.4 Å². The highest BCUT2D eigenvalue weighted by Gasteiger charge is 2.27. The number of carbonyl (C=O) groups is 1. The molecule has 7 heteroatoms. The highest BCUT2D eigenvalue weighted by atomic mass is 32.2. The van der Waals surface area contributed by atoms with Gasteiger partial charge in [0.2, 0.25) is 10.0 Å². The minimum absolute atomic E-state index is 0.205. The number of carboxylic acids is 1. The molecule has 0 amide bonds. The molecular weight excluding hydrogens is 294 g/mol. The van der Waals surface area contributed by atoms with Crippen LogP contribution >= 0.6 is 0 Å². The number of aryl methyl sites for hydroxylation is 1. The van der Waals surface area contributed by atoms with Gasteiger partial charge < -0.3 is 9.84 Å². The van der Waals surface area contributed by atoms with Gasteiger partial charge in [0.05, 0.1) is 18.1 Å². The molecule has 0 unspecified atom stereocenters. The predicted molar refractivity (Wildman–Crippen MR) is 77.4 cm³/mol. The number of rotatable bonds is 4. The summed E-state index contributed by atoms with van der Waals surface area (Å²) >= 11 is 0. The van der Waals surface area contributed by atoms with Gasteiger partial charge in [-0.25, -0.2) is 13.2 Å². The van der Waals surface area contributed by atoms with E-state index in [-0.39, 0.29) is 4.90 Å². The molecule has 0 aromatic heterocycles. The lowest BCUT2D eigenvalue weighted by Gasteiger charge is -2.26. The Labute approximate surface area is 123 Å². The molecule has 114 valence electrons. The van der Waals surface area contributed by atoms with Gasteiger partial charge >= 0.3 is 5.97 Å². The molecule has 1 aromatic carbocycles. The largest absolute Gasteiger partial charge is 0.478 e. The fourth-order valence-electron chi connectivity index (χ4n) is 2.09. The highest BCUT2D eigenvalue weighted by molar-refractivity contribution is 7.89. The lowest BCUT2D eigenvalue weighted by atomic mass is 10.1. The standard InChI is InChI=1S/C14H17NO5S/c1-11-2-3-12(4-5-14(16)17)10-13(11)21(18,19)15-6-8-20-9-7-15/h2-5,10H,6-9H2,1H3,(H,16,17). The quantitative estimate of drug-likeness (QED) is 0.842. The van der Waals surface area contributed by atoms with Gasteiger partial charge in [0.25, 0.3) is 0 Å². The van der Waals surface area contributed by atoms with E-state index >= 15 is 0 Å². The molecular formula is C14H17NO5S. The molecule has 1 heterocycles. The van der Waals surface area contributed by atoms with Crippen LogP contribution in [0.5, 0.6) is 0 Å². The number of carboxylic acid groups (broad SMARTS) is 1. The fraction of sp³-hybridized carbons (Fsp3) is 0.357. The lowest BCUT2D eigenvalue weighted by Crippen LogP contribution is -2.40. The Kier molecular flexibility index (Phi) is 4.76. The van der Waals surface area contributed by atoms with Gasteiger partial charge in [-0.15, -0.1) is 0 Å². The summed E-state index contributed by atoms with van der Waals surface area (Å²) in [4.78, 5) is 10.7. The summed E-state index contributed by atoms with van der Waals surface area (Å²) in [5.74, 6) is -1.08. The SMILES string of the molecule is Cc1ccc(C=CC(=O)O)cc1S(=O)(=O)N1CCOCC1. The maximum atomic E-state index is 12.6. The van der Waals surface area contributed by atoms with E-state index in [1.807, 2.05) is 0 Å². The lowest BCUT2D eigenvalue weighted by molar-refractivity contribution is -0.131. The van der Waals surface area contributed by atoms with Crippen LogP contribution in [0.4, 0.5) is 0 Å². The second kappa shape index (κ2) is 6.38. The Bertz CT molecular complexity index is 660. The number of sulfonamides is 1. The van der Waals surface area contributed by atoms with Crippen LogP contribution in [0.2, 0.25) is 0 Å². The van der Waals surface area contributed by atoms with Crippen molar-refractivity contribution in [1.29, 1.82) is 0 Å². The number of morpholine rings is 1. The van der Waals surface area contributed by atoms with Gasteiger partial charge in [0.15, 0.2) is 0 Å². The Morgan fingerprint density at radius 2 is 2.00 bits per heavy atom. The van der Waals surface area contributed by atoms with Crippen LogP contribution < -0.4 is 0 Å². The number of hydrogen-bond donors (Lipinski definition) is 1. The van der Waals surface area contributed by atoms with Gasteiger partial charge in [-0.2, -0.15) is 4.31 Å². The van der Waals surface area contributed by atoms with Gasteiger partial charge in [-0.3, -0.25) is 0 Å². The molecule has 0 spiro atoms. The number of ether oxygens (including phenoxy) is 1. The van der Waals surface area contributed by atoms with Crippen molar-refractivity contribution in [3.8, 4) is 0 Å². The molecule has 1 aromatic rings. The van der Waals surface area contributed by atoms with Crippen LogP contribution in [0.3, 0.4) is 0 Å². The van der Waals surface area contributed by atoms with Crippen LogP contribution in [0.25, 0.3) is 6.08 Å². The Balaban J connectivity index is 2.37. The van der Waals surface area contributed by atoms with Crippen LogP contribution in [0, 0.1) is 6.92 Å². The summed E-state index contributed by atoms with van der Waals surface area (Å²) in [6, 6.07) is 4.86. The van der Waals surface area contributed by atoms with Crippen molar-refractivity contribution in [3.05, 3.63) is 35.4 Å². The summed E-state index contributed by atoms with van der Waals surface area (Å²) in [5, 5.41) is 8.64. The zero-order valence-electron chi connectivity index (χ0n) is 11.7. The van der Waals surface area contributed by atoms with E-state index in [4.69, 9.17) is 9.84 Å². The minimum atomic E-state index is -3.58. The summed E-state index contributed by atoms with van der Waals surface area (Å²) in [7, 11) is -3.58. The molecule has 0 saturated carbocycles. The van der Waals surface area contributed by atoms with E-state index in [0.717, 1.165) is 6.08 Å². The number of benzene rings is 1. The zero-order valence-corrected chi connectivity index (χ0v) is 12.5. The molecule has 0 bridgehead atoms. The van der Waals surface area contributed by atoms with E-state index < -0.39 is 16.0 Å². The molecule has 1 saturated heterocycles. The molecule has 0 radical (unpaired) electrons. The molecule has 6 nitrogen and oxygen atoms in total. The smallest absolute Gasteiger partial charge is 0.328 e. The molecule has 2 rings (SSSR count). The van der Waals surface area contributed by atoms with Crippen molar-refractivity contribution in [2.24, 2.45) is 0 Å².